The van der Waals surface area contributed by atoms with Crippen molar-refractivity contribution in [2.24, 2.45) is 5.73 Å². The van der Waals surface area contributed by atoms with Crippen molar-refractivity contribution < 1.29 is 4.39 Å². The Hall–Kier alpha value is -0.640. The first-order chi connectivity index (χ1) is 7.66. The number of benzene rings is 1. The van der Waals surface area contributed by atoms with E-state index >= 15 is 0 Å². The first kappa shape index (κ1) is 11.8. The average Bonchev–Trinajstić information content (AvgIpc) is 2.24. The topological polar surface area (TPSA) is 29.3 Å². The Balaban J connectivity index is 2.08. The van der Waals surface area contributed by atoms with Crippen molar-refractivity contribution in [2.75, 3.05) is 13.1 Å². The van der Waals surface area contributed by atoms with Gasteiger partial charge < -0.3 is 5.73 Å². The molecule has 1 unspecified atom stereocenters. The summed E-state index contributed by atoms with van der Waals surface area (Å²) in [4.78, 5) is 2.17. The molecule has 0 amide bonds. The van der Waals surface area contributed by atoms with E-state index in [9.17, 15) is 4.39 Å². The predicted octanol–water partition coefficient (Wildman–Crippen LogP) is 2.40. The van der Waals surface area contributed by atoms with Crippen LogP contribution in [0.15, 0.2) is 18.2 Å². The van der Waals surface area contributed by atoms with E-state index in [-0.39, 0.29) is 11.9 Å². The number of piperidine rings is 1. The molecule has 0 radical (unpaired) electrons. The van der Waals surface area contributed by atoms with Crippen molar-refractivity contribution in [1.82, 2.24) is 4.90 Å². The molecule has 2 rings (SSSR count). The van der Waals surface area contributed by atoms with Gasteiger partial charge in [0.15, 0.2) is 0 Å². The highest BCUT2D eigenvalue weighted by Crippen LogP contribution is 2.22. The van der Waals surface area contributed by atoms with E-state index in [0.717, 1.165) is 25.9 Å². The van der Waals surface area contributed by atoms with Gasteiger partial charge in [0.1, 0.15) is 5.82 Å². The fourth-order valence-electron chi connectivity index (χ4n) is 2.14. The van der Waals surface area contributed by atoms with Crippen LogP contribution in [0.5, 0.6) is 0 Å². The normalized spacial score (nSPS) is 22.3. The largest absolute Gasteiger partial charge is 0.327 e. The van der Waals surface area contributed by atoms with Gasteiger partial charge in [-0.05, 0) is 31.5 Å². The summed E-state index contributed by atoms with van der Waals surface area (Å²) >= 11 is 5.99. The predicted molar refractivity (Wildman–Crippen MR) is 63.9 cm³/mol. The minimum Gasteiger partial charge on any atom is -0.327 e. The summed E-state index contributed by atoms with van der Waals surface area (Å²) in [5.74, 6) is -0.230. The molecule has 1 aromatic carbocycles. The minimum absolute atomic E-state index is 0.208. The van der Waals surface area contributed by atoms with Gasteiger partial charge in [-0.1, -0.05) is 17.7 Å². The van der Waals surface area contributed by atoms with Gasteiger partial charge in [0.2, 0.25) is 0 Å². The van der Waals surface area contributed by atoms with Crippen LogP contribution < -0.4 is 5.73 Å². The zero-order valence-corrected chi connectivity index (χ0v) is 9.88. The monoisotopic (exact) mass is 242 g/mol. The number of rotatable bonds is 2. The molecule has 1 heterocycles. The van der Waals surface area contributed by atoms with E-state index in [1.807, 2.05) is 0 Å². The van der Waals surface area contributed by atoms with Crippen LogP contribution in [0.2, 0.25) is 5.02 Å². The number of hydrogen-bond acceptors (Lipinski definition) is 2. The SMILES string of the molecule is NC1CCCN(Cc2c(F)cccc2Cl)C1. The third kappa shape index (κ3) is 2.73. The summed E-state index contributed by atoms with van der Waals surface area (Å²) in [5, 5.41) is 0.499. The molecule has 2 N–H and O–H groups in total. The van der Waals surface area contributed by atoms with Crippen LogP contribution in [0.3, 0.4) is 0 Å². The molecule has 1 fully saturated rings. The number of halogens is 2. The summed E-state index contributed by atoms with van der Waals surface area (Å²) in [6, 6.07) is 5.01. The zero-order chi connectivity index (χ0) is 11.5. The van der Waals surface area contributed by atoms with Crippen molar-refractivity contribution in [3.05, 3.63) is 34.6 Å². The Labute approximate surface area is 100 Å². The highest BCUT2D eigenvalue weighted by atomic mass is 35.5. The van der Waals surface area contributed by atoms with Crippen LogP contribution in [0.1, 0.15) is 18.4 Å². The lowest BCUT2D eigenvalue weighted by Crippen LogP contribution is -2.42. The maximum absolute atomic E-state index is 13.6. The van der Waals surface area contributed by atoms with E-state index in [0.29, 0.717) is 17.1 Å². The molecular weight excluding hydrogens is 227 g/mol. The number of nitrogens with zero attached hydrogens (tertiary/aromatic N) is 1. The van der Waals surface area contributed by atoms with Gasteiger partial charge in [0.05, 0.1) is 0 Å². The van der Waals surface area contributed by atoms with E-state index in [4.69, 9.17) is 17.3 Å². The van der Waals surface area contributed by atoms with Crippen molar-refractivity contribution in [2.45, 2.75) is 25.4 Å². The molecule has 1 saturated heterocycles. The second-order valence-electron chi connectivity index (χ2n) is 4.34. The lowest BCUT2D eigenvalue weighted by molar-refractivity contribution is 0.199. The molecule has 2 nitrogen and oxygen atoms in total. The molecule has 16 heavy (non-hydrogen) atoms. The summed E-state index contributed by atoms with van der Waals surface area (Å²) in [5.41, 5.74) is 6.47. The summed E-state index contributed by atoms with van der Waals surface area (Å²) in [7, 11) is 0. The van der Waals surface area contributed by atoms with Crippen LogP contribution in [0.4, 0.5) is 4.39 Å². The van der Waals surface area contributed by atoms with Crippen LogP contribution in [-0.2, 0) is 6.54 Å². The van der Waals surface area contributed by atoms with E-state index in [1.54, 1.807) is 12.1 Å². The molecule has 1 atom stereocenters. The molecule has 4 heteroatoms. The maximum atomic E-state index is 13.6. The first-order valence-corrected chi connectivity index (χ1v) is 5.95. The maximum Gasteiger partial charge on any atom is 0.129 e. The Kier molecular flexibility index (Phi) is 3.79. The molecule has 0 aliphatic carbocycles. The molecule has 0 spiro atoms. The standard InChI is InChI=1S/C12H16ClFN2/c13-11-4-1-5-12(14)10(11)8-16-6-2-3-9(15)7-16/h1,4-5,9H,2-3,6-8,15H2. The second-order valence-corrected chi connectivity index (χ2v) is 4.74. The van der Waals surface area contributed by atoms with Crippen molar-refractivity contribution in [3.8, 4) is 0 Å². The van der Waals surface area contributed by atoms with Crippen LogP contribution in [0.25, 0.3) is 0 Å². The fraction of sp³-hybridized carbons (Fsp3) is 0.500. The van der Waals surface area contributed by atoms with Gasteiger partial charge in [-0.2, -0.15) is 0 Å². The summed E-state index contributed by atoms with van der Waals surface area (Å²) in [6.45, 7) is 2.35. The summed E-state index contributed by atoms with van der Waals surface area (Å²) in [6.07, 6.45) is 2.13. The Bertz CT molecular complexity index is 350. The number of nitrogens with two attached hydrogens (primary N) is 1. The molecule has 0 saturated carbocycles. The Morgan fingerprint density at radius 1 is 1.50 bits per heavy atom. The summed E-state index contributed by atoms with van der Waals surface area (Å²) < 4.78 is 13.6. The smallest absolute Gasteiger partial charge is 0.129 e. The van der Waals surface area contributed by atoms with Gasteiger partial charge in [0, 0.05) is 29.7 Å². The molecule has 1 aromatic rings. The third-order valence-electron chi connectivity index (χ3n) is 2.99. The van der Waals surface area contributed by atoms with Crippen LogP contribution in [0, 0.1) is 5.82 Å². The molecular formula is C12H16ClFN2. The third-order valence-corrected chi connectivity index (χ3v) is 3.34. The van der Waals surface area contributed by atoms with Crippen molar-refractivity contribution in [1.29, 1.82) is 0 Å². The molecule has 1 aliphatic rings. The van der Waals surface area contributed by atoms with Crippen LogP contribution in [-0.4, -0.2) is 24.0 Å². The Morgan fingerprint density at radius 2 is 2.31 bits per heavy atom. The highest BCUT2D eigenvalue weighted by molar-refractivity contribution is 6.31. The van der Waals surface area contributed by atoms with Gasteiger partial charge in [-0.15, -0.1) is 0 Å². The van der Waals surface area contributed by atoms with Gasteiger partial charge in [-0.25, -0.2) is 4.39 Å². The molecule has 0 aromatic heterocycles. The molecule has 88 valence electrons. The lowest BCUT2D eigenvalue weighted by atomic mass is 10.1. The van der Waals surface area contributed by atoms with Crippen LogP contribution >= 0.6 is 11.6 Å². The van der Waals surface area contributed by atoms with E-state index in [1.165, 1.54) is 6.07 Å². The lowest BCUT2D eigenvalue weighted by Gasteiger charge is -2.30. The van der Waals surface area contributed by atoms with Crippen molar-refractivity contribution >= 4 is 11.6 Å². The van der Waals surface area contributed by atoms with E-state index in [2.05, 4.69) is 4.90 Å². The minimum atomic E-state index is -0.230. The average molecular weight is 243 g/mol. The van der Waals surface area contributed by atoms with Gasteiger partial charge in [0.25, 0.3) is 0 Å². The van der Waals surface area contributed by atoms with Gasteiger partial charge in [-0.3, -0.25) is 4.90 Å². The van der Waals surface area contributed by atoms with E-state index < -0.39 is 0 Å². The Morgan fingerprint density at radius 3 is 3.00 bits per heavy atom. The molecule has 0 bridgehead atoms. The molecule has 1 aliphatic heterocycles. The first-order valence-electron chi connectivity index (χ1n) is 5.57. The fourth-order valence-corrected chi connectivity index (χ4v) is 2.36. The number of hydrogen-bond donors (Lipinski definition) is 1. The van der Waals surface area contributed by atoms with Crippen molar-refractivity contribution in [3.63, 3.8) is 0 Å². The quantitative estimate of drug-likeness (QED) is 0.863. The van der Waals surface area contributed by atoms with Gasteiger partial charge >= 0.3 is 0 Å². The number of likely N-dealkylation sites (tertiary alicyclic amines) is 1. The zero-order valence-electron chi connectivity index (χ0n) is 9.13. The highest BCUT2D eigenvalue weighted by Gasteiger charge is 2.18. The second kappa shape index (κ2) is 5.13.